The molecule has 1 aromatic heterocycles. The minimum Gasteiger partial charge on any atom is -0.501 e. The number of hydrogen-bond acceptors (Lipinski definition) is 8. The number of hydrogen-bond donors (Lipinski definition) is 3. The molecule has 1 heterocycles. The summed E-state index contributed by atoms with van der Waals surface area (Å²) in [6.45, 7) is 7.51. The standard InChI is InChI=1S/C18H24FN5O3.C4H7NO2.C2H6/c1-12(20)10-23(2)7-8-24-11-22-15(16(25)18(24)27)17(26)21-9-13-3-5-14(19)6-4-13;1-5(2)4(7)3-6;1-2/h3-6,11-12,25H,7-10,20H2,1-2H3,(H,21,26);3H,1-2H3;1-2H3. The zero-order valence-corrected chi connectivity index (χ0v) is 21.7. The number of benzene rings is 1. The summed E-state index contributed by atoms with van der Waals surface area (Å²) < 4.78 is 14.1. The first-order valence-corrected chi connectivity index (χ1v) is 11.4. The van der Waals surface area contributed by atoms with Gasteiger partial charge in [-0.15, -0.1) is 0 Å². The van der Waals surface area contributed by atoms with Crippen molar-refractivity contribution in [3.63, 3.8) is 0 Å². The Balaban J connectivity index is 0.00000117. The Hall–Kier alpha value is -3.64. The zero-order valence-electron chi connectivity index (χ0n) is 21.7. The van der Waals surface area contributed by atoms with Crippen LogP contribution in [-0.4, -0.2) is 82.8 Å². The largest absolute Gasteiger partial charge is 0.501 e. The molecule has 0 saturated heterocycles. The van der Waals surface area contributed by atoms with Crippen LogP contribution >= 0.6 is 0 Å². The number of aromatic hydroxyl groups is 1. The molecule has 2 amide bonds. The van der Waals surface area contributed by atoms with Crippen molar-refractivity contribution in [2.45, 2.75) is 39.9 Å². The molecular weight excluding hydrogens is 471 g/mol. The molecule has 12 heteroatoms. The minimum atomic E-state index is -0.705. The Bertz CT molecular complexity index is 1020. The quantitative estimate of drug-likeness (QED) is 0.329. The van der Waals surface area contributed by atoms with Crippen LogP contribution in [-0.2, 0) is 22.7 Å². The fraction of sp³-hybridized carbons (Fsp3) is 0.458. The molecule has 11 nitrogen and oxygen atoms in total. The molecule has 200 valence electrons. The molecule has 36 heavy (non-hydrogen) atoms. The number of nitrogens with one attached hydrogen (secondary N) is 1. The van der Waals surface area contributed by atoms with Gasteiger partial charge in [0, 0.05) is 46.3 Å². The summed E-state index contributed by atoms with van der Waals surface area (Å²) in [6.07, 6.45) is 1.51. The fourth-order valence-electron chi connectivity index (χ4n) is 2.64. The summed E-state index contributed by atoms with van der Waals surface area (Å²) in [6, 6.07) is 5.62. The van der Waals surface area contributed by atoms with E-state index in [1.54, 1.807) is 0 Å². The van der Waals surface area contributed by atoms with E-state index in [0.717, 1.165) is 0 Å². The van der Waals surface area contributed by atoms with Crippen molar-refractivity contribution in [2.75, 3.05) is 34.2 Å². The number of nitrogens with two attached hydrogens (primary N) is 1. The lowest BCUT2D eigenvalue weighted by atomic mass is 10.2. The van der Waals surface area contributed by atoms with Crippen molar-refractivity contribution in [1.29, 1.82) is 0 Å². The van der Waals surface area contributed by atoms with Crippen LogP contribution in [0.3, 0.4) is 0 Å². The number of rotatable bonds is 9. The van der Waals surface area contributed by atoms with Crippen LogP contribution in [0.5, 0.6) is 5.75 Å². The Labute approximate surface area is 210 Å². The number of carbonyl (C=O) groups is 3. The summed E-state index contributed by atoms with van der Waals surface area (Å²) in [5, 5.41) is 12.6. The second-order valence-electron chi connectivity index (χ2n) is 7.84. The Kier molecular flexibility index (Phi) is 15.2. The molecule has 0 radical (unpaired) electrons. The predicted molar refractivity (Wildman–Crippen MR) is 135 cm³/mol. The third kappa shape index (κ3) is 11.7. The van der Waals surface area contributed by atoms with Gasteiger partial charge in [-0.1, -0.05) is 26.0 Å². The Morgan fingerprint density at radius 3 is 2.28 bits per heavy atom. The summed E-state index contributed by atoms with van der Waals surface area (Å²) >= 11 is 0. The maximum atomic E-state index is 12.9. The normalized spacial score (nSPS) is 10.8. The average molecular weight is 509 g/mol. The number of halogens is 1. The van der Waals surface area contributed by atoms with Crippen LogP contribution in [0.4, 0.5) is 4.39 Å². The van der Waals surface area contributed by atoms with Gasteiger partial charge in [-0.2, -0.15) is 0 Å². The highest BCUT2D eigenvalue weighted by Crippen LogP contribution is 2.08. The maximum absolute atomic E-state index is 12.9. The highest BCUT2D eigenvalue weighted by atomic mass is 19.1. The van der Waals surface area contributed by atoms with Crippen LogP contribution in [0.15, 0.2) is 35.4 Å². The first kappa shape index (κ1) is 32.4. The van der Waals surface area contributed by atoms with Crippen molar-refractivity contribution in [1.82, 2.24) is 24.7 Å². The Morgan fingerprint density at radius 1 is 1.22 bits per heavy atom. The van der Waals surface area contributed by atoms with E-state index in [9.17, 15) is 28.7 Å². The second-order valence-corrected chi connectivity index (χ2v) is 7.84. The predicted octanol–water partition coefficient (Wildman–Crippen LogP) is 0.597. The van der Waals surface area contributed by atoms with Crippen LogP contribution < -0.4 is 16.6 Å². The van der Waals surface area contributed by atoms with E-state index in [-0.39, 0.29) is 30.4 Å². The highest BCUT2D eigenvalue weighted by Gasteiger charge is 2.17. The van der Waals surface area contributed by atoms with Crippen LogP contribution in [0.25, 0.3) is 0 Å². The summed E-state index contributed by atoms with van der Waals surface area (Å²) in [5.41, 5.74) is 5.36. The van der Waals surface area contributed by atoms with Gasteiger partial charge >= 0.3 is 0 Å². The number of amides is 2. The number of carbonyl (C=O) groups excluding carboxylic acids is 3. The molecule has 1 aromatic carbocycles. The van der Waals surface area contributed by atoms with Crippen molar-refractivity contribution in [3.05, 3.63) is 58.0 Å². The van der Waals surface area contributed by atoms with Gasteiger partial charge in [0.1, 0.15) is 5.82 Å². The van der Waals surface area contributed by atoms with Gasteiger partial charge in [-0.3, -0.25) is 23.7 Å². The zero-order chi connectivity index (χ0) is 27.8. The lowest BCUT2D eigenvalue weighted by Gasteiger charge is -2.19. The first-order valence-electron chi connectivity index (χ1n) is 11.4. The molecule has 2 aromatic rings. The lowest BCUT2D eigenvalue weighted by Crippen LogP contribution is -2.36. The molecule has 0 fully saturated rings. The number of likely N-dealkylation sites (N-methyl/N-ethyl adjacent to an activating group) is 2. The minimum absolute atomic E-state index is 0.00503. The van der Waals surface area contributed by atoms with Gasteiger partial charge in [0.2, 0.25) is 12.0 Å². The van der Waals surface area contributed by atoms with E-state index in [1.807, 2.05) is 32.7 Å². The van der Waals surface area contributed by atoms with Crippen LogP contribution in [0, 0.1) is 5.82 Å². The maximum Gasteiger partial charge on any atom is 0.296 e. The van der Waals surface area contributed by atoms with E-state index in [2.05, 4.69) is 10.3 Å². The number of aromatic nitrogens is 2. The molecule has 1 atom stereocenters. The third-order valence-electron chi connectivity index (χ3n) is 4.46. The Morgan fingerprint density at radius 2 is 1.81 bits per heavy atom. The molecule has 2 rings (SSSR count). The van der Waals surface area contributed by atoms with Crippen molar-refractivity contribution in [2.24, 2.45) is 5.73 Å². The van der Waals surface area contributed by atoms with Gasteiger partial charge in [0.05, 0.1) is 6.33 Å². The molecule has 0 saturated carbocycles. The van der Waals surface area contributed by atoms with Crippen molar-refractivity contribution < 1.29 is 23.9 Å². The van der Waals surface area contributed by atoms with Crippen LogP contribution in [0.1, 0.15) is 36.8 Å². The molecule has 0 aliphatic heterocycles. The number of aldehydes is 1. The average Bonchev–Trinajstić information content (AvgIpc) is 2.85. The summed E-state index contributed by atoms with van der Waals surface area (Å²) in [7, 11) is 4.92. The highest BCUT2D eigenvalue weighted by molar-refractivity contribution is 6.23. The topological polar surface area (TPSA) is 151 Å². The smallest absolute Gasteiger partial charge is 0.296 e. The van der Waals surface area contributed by atoms with Gasteiger partial charge in [0.25, 0.3) is 17.4 Å². The first-order chi connectivity index (χ1) is 17.0. The SMILES string of the molecule is CC.CC(N)CN(C)CCn1cnc(C(=O)NCc2ccc(F)cc2)c(O)c1=O.CN(C)C(=O)C=O. The summed E-state index contributed by atoms with van der Waals surface area (Å²) in [5.74, 6) is -2.27. The van der Waals surface area contributed by atoms with E-state index in [0.29, 0.717) is 25.2 Å². The molecule has 4 N–H and O–H groups in total. The van der Waals surface area contributed by atoms with E-state index in [4.69, 9.17) is 5.73 Å². The fourth-order valence-corrected chi connectivity index (χ4v) is 2.64. The van der Waals surface area contributed by atoms with Gasteiger partial charge in [-0.25, -0.2) is 9.37 Å². The van der Waals surface area contributed by atoms with E-state index < -0.39 is 23.1 Å². The van der Waals surface area contributed by atoms with Gasteiger partial charge in [0.15, 0.2) is 5.69 Å². The molecule has 0 aliphatic rings. The van der Waals surface area contributed by atoms with E-state index >= 15 is 0 Å². The molecule has 0 aliphatic carbocycles. The van der Waals surface area contributed by atoms with Gasteiger partial charge in [-0.05, 0) is 31.7 Å². The van der Waals surface area contributed by atoms with Crippen molar-refractivity contribution >= 4 is 18.1 Å². The van der Waals surface area contributed by atoms with E-state index in [1.165, 1.54) is 54.2 Å². The van der Waals surface area contributed by atoms with Crippen molar-refractivity contribution in [3.8, 4) is 5.75 Å². The second kappa shape index (κ2) is 16.9. The molecule has 1 unspecified atom stereocenters. The molecule has 0 spiro atoms. The molecular formula is C24H37FN6O5. The summed E-state index contributed by atoms with van der Waals surface area (Å²) in [4.78, 5) is 51.1. The van der Waals surface area contributed by atoms with Gasteiger partial charge < -0.3 is 26.0 Å². The monoisotopic (exact) mass is 508 g/mol. The lowest BCUT2D eigenvalue weighted by molar-refractivity contribution is -0.136. The third-order valence-corrected chi connectivity index (χ3v) is 4.46. The van der Waals surface area contributed by atoms with Crippen LogP contribution in [0.2, 0.25) is 0 Å². The number of nitrogens with zero attached hydrogens (tertiary/aromatic N) is 4. The molecule has 0 bridgehead atoms.